The topological polar surface area (TPSA) is 39.7 Å². The molecule has 0 amide bonds. The number of rotatable bonds is 10. The Bertz CT molecular complexity index is 424. The van der Waals surface area contributed by atoms with Crippen molar-refractivity contribution >= 4 is 17.3 Å². The Labute approximate surface area is 140 Å². The monoisotopic (exact) mass is 324 g/mol. The van der Waals surface area contributed by atoms with E-state index in [1.165, 1.54) is 29.1 Å². The van der Waals surface area contributed by atoms with Gasteiger partial charge >= 0.3 is 0 Å². The Hall–Kier alpha value is -1.07. The summed E-state index contributed by atoms with van der Waals surface area (Å²) in [5.41, 5.74) is 0. The van der Waals surface area contributed by atoms with Crippen molar-refractivity contribution in [2.75, 3.05) is 32.7 Å². The number of hydrogen-bond donors (Lipinski definition) is 2. The lowest BCUT2D eigenvalue weighted by atomic mass is 10.3. The molecule has 1 rings (SSSR count). The van der Waals surface area contributed by atoms with Gasteiger partial charge in [-0.25, -0.2) is 4.99 Å². The number of guanidine groups is 1. The number of nitrogens with zero attached hydrogens (tertiary/aromatic N) is 2. The molecule has 0 aliphatic rings. The van der Waals surface area contributed by atoms with Gasteiger partial charge in [0, 0.05) is 22.8 Å². The van der Waals surface area contributed by atoms with Crippen molar-refractivity contribution in [2.45, 2.75) is 47.1 Å². The van der Waals surface area contributed by atoms with E-state index in [-0.39, 0.29) is 0 Å². The molecule has 0 saturated heterocycles. The van der Waals surface area contributed by atoms with Crippen LogP contribution < -0.4 is 10.6 Å². The van der Waals surface area contributed by atoms with Crippen LogP contribution in [0.15, 0.2) is 17.1 Å². The highest BCUT2D eigenvalue weighted by atomic mass is 32.1. The predicted molar refractivity (Wildman–Crippen MR) is 98.9 cm³/mol. The Morgan fingerprint density at radius 2 is 1.91 bits per heavy atom. The number of hydrogen-bond acceptors (Lipinski definition) is 3. The molecular formula is C17H32N4S. The Balaban J connectivity index is 2.28. The smallest absolute Gasteiger partial charge is 0.191 e. The fraction of sp³-hybridized carbons (Fsp3) is 0.706. The summed E-state index contributed by atoms with van der Waals surface area (Å²) in [7, 11) is 0. The van der Waals surface area contributed by atoms with Crippen LogP contribution in [0.2, 0.25) is 0 Å². The fourth-order valence-electron chi connectivity index (χ4n) is 2.28. The van der Waals surface area contributed by atoms with E-state index in [1.807, 2.05) is 11.3 Å². The zero-order valence-corrected chi connectivity index (χ0v) is 15.4. The third-order valence-electron chi connectivity index (χ3n) is 3.62. The Kier molecular flexibility index (Phi) is 9.91. The first kappa shape index (κ1) is 19.0. The molecule has 0 atom stereocenters. The molecule has 0 fully saturated rings. The molecule has 22 heavy (non-hydrogen) atoms. The van der Waals surface area contributed by atoms with Crippen LogP contribution in [-0.2, 0) is 6.54 Å². The van der Waals surface area contributed by atoms with Crippen LogP contribution in [0.25, 0.3) is 0 Å². The van der Waals surface area contributed by atoms with E-state index in [4.69, 9.17) is 0 Å². The quantitative estimate of drug-likeness (QED) is 0.394. The number of thiophene rings is 1. The molecule has 0 aliphatic carbocycles. The van der Waals surface area contributed by atoms with E-state index in [1.54, 1.807) is 0 Å². The molecule has 5 heteroatoms. The van der Waals surface area contributed by atoms with Gasteiger partial charge in [0.2, 0.25) is 0 Å². The maximum absolute atomic E-state index is 4.66. The molecule has 0 aromatic carbocycles. The minimum atomic E-state index is 0.757. The molecule has 0 bridgehead atoms. The van der Waals surface area contributed by atoms with Crippen LogP contribution in [0.4, 0.5) is 0 Å². The Morgan fingerprint density at radius 3 is 2.50 bits per heavy atom. The van der Waals surface area contributed by atoms with Crippen molar-refractivity contribution < 1.29 is 0 Å². The second kappa shape index (κ2) is 11.5. The third kappa shape index (κ3) is 7.80. The standard InChI is InChI=1S/C17H32N4S/c1-5-18-17(20-14-16-11-10-15(4)22-16)19-12-8-9-13-21(6-2)7-3/h10-11H,5-9,12-14H2,1-4H3,(H2,18,19,20). The van der Waals surface area contributed by atoms with Crippen molar-refractivity contribution in [1.82, 2.24) is 15.5 Å². The van der Waals surface area contributed by atoms with Crippen molar-refractivity contribution in [2.24, 2.45) is 4.99 Å². The van der Waals surface area contributed by atoms with E-state index >= 15 is 0 Å². The van der Waals surface area contributed by atoms with Gasteiger partial charge in [0.05, 0.1) is 6.54 Å². The lowest BCUT2D eigenvalue weighted by Gasteiger charge is -2.18. The SMILES string of the molecule is CCNC(=NCc1ccc(C)s1)NCCCCN(CC)CC. The van der Waals surface area contributed by atoms with E-state index in [0.29, 0.717) is 0 Å². The first-order chi connectivity index (χ1) is 10.7. The van der Waals surface area contributed by atoms with E-state index in [9.17, 15) is 0 Å². The first-order valence-electron chi connectivity index (χ1n) is 8.49. The van der Waals surface area contributed by atoms with E-state index in [2.05, 4.69) is 60.4 Å². The van der Waals surface area contributed by atoms with Crippen LogP contribution in [-0.4, -0.2) is 43.6 Å². The average Bonchev–Trinajstić information content (AvgIpc) is 2.94. The van der Waals surface area contributed by atoms with Crippen LogP contribution in [0.1, 0.15) is 43.4 Å². The van der Waals surface area contributed by atoms with Crippen LogP contribution in [0, 0.1) is 6.92 Å². The summed E-state index contributed by atoms with van der Waals surface area (Å²) >= 11 is 1.82. The van der Waals surface area contributed by atoms with Gasteiger partial charge in [0.15, 0.2) is 5.96 Å². The van der Waals surface area contributed by atoms with E-state index in [0.717, 1.165) is 38.7 Å². The highest BCUT2D eigenvalue weighted by molar-refractivity contribution is 7.11. The molecule has 0 spiro atoms. The second-order valence-electron chi connectivity index (χ2n) is 5.37. The highest BCUT2D eigenvalue weighted by Gasteiger charge is 2.01. The molecular weight excluding hydrogens is 292 g/mol. The molecule has 1 aromatic heterocycles. The zero-order chi connectivity index (χ0) is 16.2. The zero-order valence-electron chi connectivity index (χ0n) is 14.6. The first-order valence-corrected chi connectivity index (χ1v) is 9.31. The summed E-state index contributed by atoms with van der Waals surface area (Å²) in [5, 5.41) is 6.75. The summed E-state index contributed by atoms with van der Waals surface area (Å²) in [6.45, 7) is 14.8. The summed E-state index contributed by atoms with van der Waals surface area (Å²) in [6.07, 6.45) is 2.41. The lowest BCUT2D eigenvalue weighted by Crippen LogP contribution is -2.38. The minimum Gasteiger partial charge on any atom is -0.357 e. The van der Waals surface area contributed by atoms with Gasteiger partial charge in [0.1, 0.15) is 0 Å². The van der Waals surface area contributed by atoms with Gasteiger partial charge in [-0.1, -0.05) is 13.8 Å². The number of aryl methyl sites for hydroxylation is 1. The summed E-state index contributed by atoms with van der Waals surface area (Å²) in [4.78, 5) is 9.79. The normalized spacial score (nSPS) is 12.0. The average molecular weight is 325 g/mol. The van der Waals surface area contributed by atoms with Crippen molar-refractivity contribution in [1.29, 1.82) is 0 Å². The minimum absolute atomic E-state index is 0.757. The third-order valence-corrected chi connectivity index (χ3v) is 4.61. The molecule has 0 saturated carbocycles. The van der Waals surface area contributed by atoms with Gasteiger partial charge in [0.25, 0.3) is 0 Å². The highest BCUT2D eigenvalue weighted by Crippen LogP contribution is 2.15. The molecule has 0 radical (unpaired) electrons. The van der Waals surface area contributed by atoms with E-state index < -0.39 is 0 Å². The van der Waals surface area contributed by atoms with Gasteiger partial charge in [-0.15, -0.1) is 11.3 Å². The van der Waals surface area contributed by atoms with Crippen LogP contribution >= 0.6 is 11.3 Å². The fourth-order valence-corrected chi connectivity index (χ4v) is 3.09. The Morgan fingerprint density at radius 1 is 1.14 bits per heavy atom. The molecule has 4 nitrogen and oxygen atoms in total. The van der Waals surface area contributed by atoms with Gasteiger partial charge in [-0.2, -0.15) is 0 Å². The van der Waals surface area contributed by atoms with Gasteiger partial charge in [-0.05, 0) is 58.5 Å². The lowest BCUT2D eigenvalue weighted by molar-refractivity contribution is 0.297. The summed E-state index contributed by atoms with van der Waals surface area (Å²) in [5.74, 6) is 0.927. The summed E-state index contributed by atoms with van der Waals surface area (Å²) in [6, 6.07) is 4.32. The van der Waals surface area contributed by atoms with Crippen molar-refractivity contribution in [3.8, 4) is 0 Å². The molecule has 0 aliphatic heterocycles. The second-order valence-corrected chi connectivity index (χ2v) is 6.74. The molecule has 1 heterocycles. The van der Waals surface area contributed by atoms with Gasteiger partial charge in [-0.3, -0.25) is 0 Å². The maximum Gasteiger partial charge on any atom is 0.191 e. The van der Waals surface area contributed by atoms with Crippen LogP contribution in [0.5, 0.6) is 0 Å². The number of nitrogens with one attached hydrogen (secondary N) is 2. The maximum atomic E-state index is 4.66. The predicted octanol–water partition coefficient (Wildman–Crippen LogP) is 3.23. The molecule has 2 N–H and O–H groups in total. The van der Waals surface area contributed by atoms with Gasteiger partial charge < -0.3 is 15.5 Å². The molecule has 1 aromatic rings. The number of aliphatic imine (C=N–C) groups is 1. The van der Waals surface area contributed by atoms with Crippen LogP contribution in [0.3, 0.4) is 0 Å². The number of unbranched alkanes of at least 4 members (excludes halogenated alkanes) is 1. The van der Waals surface area contributed by atoms with Crippen molar-refractivity contribution in [3.05, 3.63) is 21.9 Å². The molecule has 0 unspecified atom stereocenters. The van der Waals surface area contributed by atoms with Crippen molar-refractivity contribution in [3.63, 3.8) is 0 Å². The summed E-state index contributed by atoms with van der Waals surface area (Å²) < 4.78 is 0. The largest absolute Gasteiger partial charge is 0.357 e. The molecule has 126 valence electrons.